The van der Waals surface area contributed by atoms with Gasteiger partial charge in [-0.2, -0.15) is 13.2 Å². The largest absolute Gasteiger partial charge is 0.440 e. The maximum absolute atomic E-state index is 12.2. The lowest BCUT2D eigenvalue weighted by Gasteiger charge is -2.23. The van der Waals surface area contributed by atoms with E-state index in [0.717, 1.165) is 16.2 Å². The van der Waals surface area contributed by atoms with E-state index in [0.29, 0.717) is 12.8 Å². The van der Waals surface area contributed by atoms with E-state index in [1.807, 2.05) is 13.0 Å². The van der Waals surface area contributed by atoms with Crippen molar-refractivity contribution in [2.24, 2.45) is 0 Å². The first-order valence-electron chi connectivity index (χ1n) is 7.45. The lowest BCUT2D eigenvalue weighted by Crippen LogP contribution is -2.46. The number of hydrogen-bond donors (Lipinski definition) is 1. The number of rotatable bonds is 4. The van der Waals surface area contributed by atoms with Gasteiger partial charge in [0.25, 0.3) is 0 Å². The number of aryl methyl sites for hydroxylation is 1. The van der Waals surface area contributed by atoms with Crippen molar-refractivity contribution in [1.29, 1.82) is 0 Å². The second kappa shape index (κ2) is 7.50. The number of amides is 2. The van der Waals surface area contributed by atoms with Crippen molar-refractivity contribution in [3.63, 3.8) is 0 Å². The summed E-state index contributed by atoms with van der Waals surface area (Å²) in [5.74, 6) is -0.419. The molecule has 0 spiro atoms. The Hall–Kier alpha value is -2.32. The molecule has 6 nitrogen and oxygen atoms in total. The Morgan fingerprint density at radius 3 is 2.79 bits per heavy atom. The first kappa shape index (κ1) is 18.0. The molecule has 2 heterocycles. The summed E-state index contributed by atoms with van der Waals surface area (Å²) in [4.78, 5) is 29.1. The highest BCUT2D eigenvalue weighted by molar-refractivity contribution is 5.86. The maximum Gasteiger partial charge on any atom is 0.422 e. The molecule has 0 saturated carbocycles. The van der Waals surface area contributed by atoms with Crippen LogP contribution in [0, 0.1) is 6.92 Å². The summed E-state index contributed by atoms with van der Waals surface area (Å²) in [6, 6.07) is 2.80. The van der Waals surface area contributed by atoms with Crippen molar-refractivity contribution in [1.82, 2.24) is 15.2 Å². The molecule has 1 aromatic rings. The van der Waals surface area contributed by atoms with Crippen molar-refractivity contribution >= 4 is 12.0 Å². The molecule has 132 valence electrons. The summed E-state index contributed by atoms with van der Waals surface area (Å²) in [5, 5.41) is 2.67. The van der Waals surface area contributed by atoms with E-state index in [9.17, 15) is 22.8 Å². The van der Waals surface area contributed by atoms with E-state index in [-0.39, 0.29) is 13.1 Å². The predicted molar refractivity (Wildman–Crippen MR) is 78.0 cm³/mol. The van der Waals surface area contributed by atoms with Crippen molar-refractivity contribution in [2.75, 3.05) is 13.2 Å². The third kappa shape index (κ3) is 5.10. The van der Waals surface area contributed by atoms with Gasteiger partial charge in [0.15, 0.2) is 6.61 Å². The highest BCUT2D eigenvalue weighted by Crippen LogP contribution is 2.21. The minimum Gasteiger partial charge on any atom is -0.440 e. The molecule has 1 aliphatic heterocycles. The average molecular weight is 345 g/mol. The molecule has 1 saturated heterocycles. The van der Waals surface area contributed by atoms with Crippen LogP contribution in [0.15, 0.2) is 18.3 Å². The Kier molecular flexibility index (Phi) is 5.63. The summed E-state index contributed by atoms with van der Waals surface area (Å²) >= 11 is 0. The summed E-state index contributed by atoms with van der Waals surface area (Å²) < 4.78 is 40.6. The molecule has 1 fully saturated rings. The Morgan fingerprint density at radius 1 is 1.42 bits per heavy atom. The fourth-order valence-corrected chi connectivity index (χ4v) is 2.39. The minimum atomic E-state index is -4.59. The van der Waals surface area contributed by atoms with Gasteiger partial charge in [0.05, 0.1) is 0 Å². The van der Waals surface area contributed by atoms with Crippen LogP contribution >= 0.6 is 0 Å². The van der Waals surface area contributed by atoms with Crippen LogP contribution in [-0.2, 0) is 16.1 Å². The smallest absolute Gasteiger partial charge is 0.422 e. The number of carbonyl (C=O) groups is 2. The van der Waals surface area contributed by atoms with Gasteiger partial charge in [-0.05, 0) is 31.4 Å². The molecule has 0 aliphatic carbocycles. The van der Waals surface area contributed by atoms with Gasteiger partial charge in [-0.3, -0.25) is 14.7 Å². The summed E-state index contributed by atoms with van der Waals surface area (Å²) in [6.45, 7) is 0.603. The van der Waals surface area contributed by atoms with Crippen molar-refractivity contribution in [3.05, 3.63) is 29.6 Å². The number of likely N-dealkylation sites (tertiary alicyclic amines) is 1. The van der Waals surface area contributed by atoms with Gasteiger partial charge >= 0.3 is 12.3 Å². The van der Waals surface area contributed by atoms with Crippen LogP contribution in [0.1, 0.15) is 24.1 Å². The molecule has 1 N–H and O–H groups in total. The van der Waals surface area contributed by atoms with Crippen LogP contribution in [0.5, 0.6) is 0 Å². The topological polar surface area (TPSA) is 71.5 Å². The van der Waals surface area contributed by atoms with Crippen LogP contribution < -0.4 is 5.32 Å². The molecule has 0 bridgehead atoms. The quantitative estimate of drug-likeness (QED) is 0.908. The van der Waals surface area contributed by atoms with E-state index in [2.05, 4.69) is 15.0 Å². The molecule has 1 aliphatic rings. The number of aromatic nitrogens is 1. The Morgan fingerprint density at radius 2 is 2.17 bits per heavy atom. The van der Waals surface area contributed by atoms with Crippen LogP contribution in [0.2, 0.25) is 0 Å². The molecule has 1 aromatic heterocycles. The number of ether oxygens (including phenoxy) is 1. The third-order valence-corrected chi connectivity index (χ3v) is 3.59. The van der Waals surface area contributed by atoms with Crippen LogP contribution in [0.25, 0.3) is 0 Å². The highest BCUT2D eigenvalue weighted by Gasteiger charge is 2.37. The molecule has 0 unspecified atom stereocenters. The number of alkyl halides is 3. The van der Waals surface area contributed by atoms with Gasteiger partial charge in [0.1, 0.15) is 6.04 Å². The molecule has 0 aromatic carbocycles. The molecule has 2 amide bonds. The van der Waals surface area contributed by atoms with E-state index >= 15 is 0 Å². The first-order chi connectivity index (χ1) is 11.3. The SMILES string of the molecule is Cc1ccc(CNC(=O)[C@@H]2CCCN2C(=O)OCC(F)(F)F)cn1. The van der Waals surface area contributed by atoms with Crippen molar-refractivity contribution in [3.8, 4) is 0 Å². The van der Waals surface area contributed by atoms with Gasteiger partial charge in [-0.15, -0.1) is 0 Å². The van der Waals surface area contributed by atoms with E-state index in [1.54, 1.807) is 12.3 Å². The second-order valence-electron chi connectivity index (χ2n) is 5.55. The monoisotopic (exact) mass is 345 g/mol. The number of carbonyl (C=O) groups excluding carboxylic acids is 2. The Labute approximate surface area is 137 Å². The molecule has 1 atom stereocenters. The zero-order chi connectivity index (χ0) is 17.7. The van der Waals surface area contributed by atoms with Gasteiger partial charge in [0, 0.05) is 25.0 Å². The lowest BCUT2D eigenvalue weighted by molar-refractivity contribution is -0.162. The maximum atomic E-state index is 12.2. The second-order valence-corrected chi connectivity index (χ2v) is 5.55. The third-order valence-electron chi connectivity index (χ3n) is 3.59. The van der Waals surface area contributed by atoms with Crippen molar-refractivity contribution in [2.45, 2.75) is 38.5 Å². The fourth-order valence-electron chi connectivity index (χ4n) is 2.39. The van der Waals surface area contributed by atoms with Gasteiger partial charge in [-0.25, -0.2) is 4.79 Å². The summed E-state index contributed by atoms with van der Waals surface area (Å²) in [5.41, 5.74) is 1.64. The Bertz CT molecular complexity index is 590. The normalized spacial score (nSPS) is 17.7. The van der Waals surface area contributed by atoms with Gasteiger partial charge < -0.3 is 10.1 Å². The van der Waals surface area contributed by atoms with E-state index in [4.69, 9.17) is 0 Å². The number of nitrogens with one attached hydrogen (secondary N) is 1. The first-order valence-corrected chi connectivity index (χ1v) is 7.45. The molecule has 2 rings (SSSR count). The number of pyridine rings is 1. The molecule has 0 radical (unpaired) electrons. The Balaban J connectivity index is 1.88. The zero-order valence-electron chi connectivity index (χ0n) is 13.1. The number of nitrogens with zero attached hydrogens (tertiary/aromatic N) is 2. The van der Waals surface area contributed by atoms with Gasteiger partial charge in [0.2, 0.25) is 5.91 Å². The van der Waals surface area contributed by atoms with Crippen LogP contribution in [0.3, 0.4) is 0 Å². The summed E-state index contributed by atoms with van der Waals surface area (Å²) in [6.07, 6.45) is -3.17. The zero-order valence-corrected chi connectivity index (χ0v) is 13.1. The van der Waals surface area contributed by atoms with Crippen molar-refractivity contribution < 1.29 is 27.5 Å². The summed E-state index contributed by atoms with van der Waals surface area (Å²) in [7, 11) is 0. The molecule has 24 heavy (non-hydrogen) atoms. The average Bonchev–Trinajstić information content (AvgIpc) is 3.01. The predicted octanol–water partition coefficient (Wildman–Crippen LogP) is 2.17. The molecular formula is C15H18F3N3O3. The number of halogens is 3. The highest BCUT2D eigenvalue weighted by atomic mass is 19.4. The van der Waals surface area contributed by atoms with E-state index in [1.165, 1.54) is 0 Å². The minimum absolute atomic E-state index is 0.195. The fraction of sp³-hybridized carbons (Fsp3) is 0.533. The van der Waals surface area contributed by atoms with E-state index < -0.39 is 30.8 Å². The molecule has 9 heteroatoms. The number of hydrogen-bond acceptors (Lipinski definition) is 4. The lowest BCUT2D eigenvalue weighted by atomic mass is 10.2. The van der Waals surface area contributed by atoms with Gasteiger partial charge in [-0.1, -0.05) is 6.07 Å². The standard InChI is InChI=1S/C15H18F3N3O3/c1-10-4-5-11(7-19-10)8-20-13(22)12-3-2-6-21(12)14(23)24-9-15(16,17)18/h4-5,7,12H,2-3,6,8-9H2,1H3,(H,20,22)/t12-/m0/s1. The molecular weight excluding hydrogens is 327 g/mol. The van der Waals surface area contributed by atoms with Crippen LogP contribution in [0.4, 0.5) is 18.0 Å². The van der Waals surface area contributed by atoms with Crippen LogP contribution in [-0.4, -0.2) is 47.3 Å².